The Labute approximate surface area is 129 Å². The lowest BCUT2D eigenvalue weighted by Gasteiger charge is -2.12. The number of hydrogen-bond acceptors (Lipinski definition) is 1. The van der Waals surface area contributed by atoms with Crippen molar-refractivity contribution >= 4 is 5.78 Å². The Morgan fingerprint density at radius 1 is 0.727 bits per heavy atom. The van der Waals surface area contributed by atoms with E-state index in [1.54, 1.807) is 0 Å². The highest BCUT2D eigenvalue weighted by atomic mass is 16.1. The zero-order chi connectivity index (χ0) is 14.9. The van der Waals surface area contributed by atoms with Crippen molar-refractivity contribution in [3.63, 3.8) is 0 Å². The first kappa shape index (κ1) is 13.1. The third-order valence-electron chi connectivity index (χ3n) is 4.31. The molecule has 0 saturated heterocycles. The molecule has 4 rings (SSSR count). The van der Waals surface area contributed by atoms with Crippen molar-refractivity contribution < 1.29 is 4.79 Å². The topological polar surface area (TPSA) is 32.9 Å². The first-order valence-corrected chi connectivity index (χ1v) is 7.73. The smallest absolute Gasteiger partial charge is 0.165 e. The number of ketones is 1. The summed E-state index contributed by atoms with van der Waals surface area (Å²) >= 11 is 0. The van der Waals surface area contributed by atoms with Crippen LogP contribution < -0.4 is 0 Å². The highest BCUT2D eigenvalue weighted by molar-refractivity contribution is 6.07. The van der Waals surface area contributed by atoms with E-state index in [0.29, 0.717) is 6.42 Å². The van der Waals surface area contributed by atoms with Gasteiger partial charge in [-0.3, -0.25) is 4.79 Å². The van der Waals surface area contributed by atoms with Crippen LogP contribution in [0.2, 0.25) is 0 Å². The van der Waals surface area contributed by atoms with Crippen LogP contribution in [0.15, 0.2) is 60.7 Å². The van der Waals surface area contributed by atoms with E-state index in [-0.39, 0.29) is 5.78 Å². The van der Waals surface area contributed by atoms with Gasteiger partial charge >= 0.3 is 0 Å². The van der Waals surface area contributed by atoms with E-state index in [1.807, 2.05) is 36.4 Å². The van der Waals surface area contributed by atoms with Crippen molar-refractivity contribution in [2.75, 3.05) is 0 Å². The fourth-order valence-electron chi connectivity index (χ4n) is 3.31. The van der Waals surface area contributed by atoms with Crippen LogP contribution in [0.3, 0.4) is 0 Å². The number of H-pyrrole nitrogens is 1. The van der Waals surface area contributed by atoms with Crippen molar-refractivity contribution in [3.05, 3.63) is 71.9 Å². The second kappa shape index (κ2) is 5.30. The summed E-state index contributed by atoms with van der Waals surface area (Å²) in [6.45, 7) is 0. The average molecular weight is 287 g/mol. The number of nitrogens with one attached hydrogen (secondary N) is 1. The summed E-state index contributed by atoms with van der Waals surface area (Å²) in [7, 11) is 0. The van der Waals surface area contributed by atoms with Gasteiger partial charge in [-0.05, 0) is 24.0 Å². The standard InChI is InChI=1S/C20H17NO/c22-17-13-7-12-16-19(17)18(14-8-3-1-4-9-14)20(21-16)15-10-5-2-6-11-15/h1-6,8-11,21H,7,12-13H2. The van der Waals surface area contributed by atoms with Crippen molar-refractivity contribution in [2.45, 2.75) is 19.3 Å². The molecule has 0 radical (unpaired) electrons. The summed E-state index contributed by atoms with van der Waals surface area (Å²) < 4.78 is 0. The number of Topliss-reactive ketones (excluding diaryl/α,β-unsaturated/α-hetero) is 1. The molecule has 0 amide bonds. The quantitative estimate of drug-likeness (QED) is 0.716. The number of aromatic amines is 1. The summed E-state index contributed by atoms with van der Waals surface area (Å²) in [6.07, 6.45) is 2.54. The minimum atomic E-state index is 0.263. The van der Waals surface area contributed by atoms with Crippen LogP contribution in [0, 0.1) is 0 Å². The van der Waals surface area contributed by atoms with Gasteiger partial charge in [0.2, 0.25) is 0 Å². The largest absolute Gasteiger partial charge is 0.357 e. The van der Waals surface area contributed by atoms with Crippen LogP contribution in [-0.2, 0) is 6.42 Å². The van der Waals surface area contributed by atoms with Gasteiger partial charge < -0.3 is 4.98 Å². The molecule has 2 heteroatoms. The number of aryl methyl sites for hydroxylation is 1. The second-order valence-electron chi connectivity index (χ2n) is 5.74. The number of carbonyl (C=O) groups excluding carboxylic acids is 1. The van der Waals surface area contributed by atoms with Gasteiger partial charge in [-0.25, -0.2) is 0 Å². The predicted octanol–water partition coefficient (Wildman–Crippen LogP) is 4.87. The van der Waals surface area contributed by atoms with Crippen LogP contribution in [-0.4, -0.2) is 10.8 Å². The Balaban J connectivity index is 2.01. The maximum atomic E-state index is 12.5. The van der Waals surface area contributed by atoms with E-state index in [1.165, 1.54) is 0 Å². The molecule has 1 aromatic heterocycles. The van der Waals surface area contributed by atoms with Gasteiger partial charge in [-0.1, -0.05) is 60.7 Å². The molecule has 0 spiro atoms. The lowest BCUT2D eigenvalue weighted by atomic mass is 9.89. The Morgan fingerprint density at radius 2 is 1.36 bits per heavy atom. The Hall–Kier alpha value is -2.61. The lowest BCUT2D eigenvalue weighted by molar-refractivity contribution is 0.0973. The molecule has 0 aliphatic heterocycles. The normalized spacial score (nSPS) is 13.9. The number of carbonyl (C=O) groups is 1. The molecule has 0 fully saturated rings. The molecule has 0 unspecified atom stereocenters. The fourth-order valence-corrected chi connectivity index (χ4v) is 3.31. The molecule has 0 saturated carbocycles. The molecule has 1 N–H and O–H groups in total. The van der Waals surface area contributed by atoms with E-state index in [4.69, 9.17) is 0 Å². The number of fused-ring (bicyclic) bond motifs is 1. The van der Waals surface area contributed by atoms with E-state index < -0.39 is 0 Å². The van der Waals surface area contributed by atoms with Gasteiger partial charge in [0.05, 0.1) is 5.69 Å². The molecular formula is C20H17NO. The van der Waals surface area contributed by atoms with Crippen molar-refractivity contribution in [2.24, 2.45) is 0 Å². The Morgan fingerprint density at radius 3 is 2.05 bits per heavy atom. The molecule has 3 aromatic rings. The minimum Gasteiger partial charge on any atom is -0.357 e. The summed E-state index contributed by atoms with van der Waals surface area (Å²) in [6, 6.07) is 20.5. The van der Waals surface area contributed by atoms with Crippen LogP contribution in [0.5, 0.6) is 0 Å². The third kappa shape index (κ3) is 2.08. The number of aromatic nitrogens is 1. The molecule has 2 nitrogen and oxygen atoms in total. The summed E-state index contributed by atoms with van der Waals surface area (Å²) in [5.41, 5.74) is 6.35. The van der Waals surface area contributed by atoms with Crippen molar-refractivity contribution in [1.82, 2.24) is 4.98 Å². The van der Waals surface area contributed by atoms with Crippen molar-refractivity contribution in [1.29, 1.82) is 0 Å². The highest BCUT2D eigenvalue weighted by Crippen LogP contribution is 2.39. The van der Waals surface area contributed by atoms with Crippen LogP contribution in [0.25, 0.3) is 22.4 Å². The van der Waals surface area contributed by atoms with E-state index in [9.17, 15) is 4.79 Å². The fraction of sp³-hybridized carbons (Fsp3) is 0.150. The molecule has 2 aromatic carbocycles. The Bertz CT molecular complexity index is 816. The SMILES string of the molecule is O=C1CCCc2[nH]c(-c3ccccc3)c(-c3ccccc3)c21. The van der Waals surface area contributed by atoms with Gasteiger partial charge in [0, 0.05) is 23.2 Å². The van der Waals surface area contributed by atoms with Gasteiger partial charge in [0.15, 0.2) is 5.78 Å². The summed E-state index contributed by atoms with van der Waals surface area (Å²) in [4.78, 5) is 16.0. The summed E-state index contributed by atoms with van der Waals surface area (Å²) in [5, 5.41) is 0. The molecule has 1 aliphatic carbocycles. The van der Waals surface area contributed by atoms with Crippen LogP contribution >= 0.6 is 0 Å². The Kier molecular flexibility index (Phi) is 3.15. The molecule has 1 aliphatic rings. The first-order valence-electron chi connectivity index (χ1n) is 7.73. The van der Waals surface area contributed by atoms with Gasteiger partial charge in [-0.2, -0.15) is 0 Å². The predicted molar refractivity (Wildman–Crippen MR) is 88.9 cm³/mol. The maximum Gasteiger partial charge on any atom is 0.165 e. The first-order chi connectivity index (χ1) is 10.8. The zero-order valence-electron chi connectivity index (χ0n) is 12.3. The molecule has 1 heterocycles. The van der Waals surface area contributed by atoms with Crippen LogP contribution in [0.1, 0.15) is 28.9 Å². The van der Waals surface area contributed by atoms with E-state index >= 15 is 0 Å². The highest BCUT2D eigenvalue weighted by Gasteiger charge is 2.27. The zero-order valence-corrected chi connectivity index (χ0v) is 12.3. The van der Waals surface area contributed by atoms with Crippen molar-refractivity contribution in [3.8, 4) is 22.4 Å². The van der Waals surface area contributed by atoms with Crippen LogP contribution in [0.4, 0.5) is 0 Å². The molecule has 22 heavy (non-hydrogen) atoms. The number of benzene rings is 2. The summed E-state index contributed by atoms with van der Waals surface area (Å²) in [5.74, 6) is 0.263. The van der Waals surface area contributed by atoms with Gasteiger partial charge in [-0.15, -0.1) is 0 Å². The molecule has 108 valence electrons. The monoisotopic (exact) mass is 287 g/mol. The average Bonchev–Trinajstić information content (AvgIpc) is 2.97. The lowest BCUT2D eigenvalue weighted by Crippen LogP contribution is -2.09. The van der Waals surface area contributed by atoms with E-state index in [0.717, 1.165) is 46.5 Å². The molecule has 0 atom stereocenters. The second-order valence-corrected chi connectivity index (χ2v) is 5.74. The van der Waals surface area contributed by atoms with Gasteiger partial charge in [0.1, 0.15) is 0 Å². The number of rotatable bonds is 2. The minimum absolute atomic E-state index is 0.263. The number of hydrogen-bond donors (Lipinski definition) is 1. The third-order valence-corrected chi connectivity index (χ3v) is 4.31. The molecule has 0 bridgehead atoms. The maximum absolute atomic E-state index is 12.5. The van der Waals surface area contributed by atoms with E-state index in [2.05, 4.69) is 29.2 Å². The molecular weight excluding hydrogens is 270 g/mol. The van der Waals surface area contributed by atoms with Gasteiger partial charge in [0.25, 0.3) is 0 Å².